The summed E-state index contributed by atoms with van der Waals surface area (Å²) in [5.41, 5.74) is 6.07. The molecule has 1 aromatic rings. The summed E-state index contributed by atoms with van der Waals surface area (Å²) in [5.74, 6) is -0.245. The smallest absolute Gasteiger partial charge is 0.218 e. The zero-order valence-electron chi connectivity index (χ0n) is 7.76. The summed E-state index contributed by atoms with van der Waals surface area (Å²) in [6, 6.07) is 5.33. The lowest BCUT2D eigenvalue weighted by molar-refractivity contribution is -0.118. The van der Waals surface area contributed by atoms with Crippen LogP contribution in [0.15, 0.2) is 18.2 Å². The Labute approximate surface area is 93.0 Å². The van der Waals surface area contributed by atoms with Gasteiger partial charge in [-0.3, -0.25) is 4.79 Å². The van der Waals surface area contributed by atoms with Gasteiger partial charge in [-0.1, -0.05) is 36.2 Å². The van der Waals surface area contributed by atoms with Crippen LogP contribution < -0.4 is 5.73 Å². The molecule has 0 saturated heterocycles. The average molecular weight is 232 g/mol. The minimum Gasteiger partial charge on any atom is -0.370 e. The minimum atomic E-state index is -0.316. The first-order valence-electron chi connectivity index (χ1n) is 4.24. The fourth-order valence-electron chi connectivity index (χ4n) is 1.24. The van der Waals surface area contributed by atoms with E-state index in [0.29, 0.717) is 16.5 Å². The molecule has 0 aliphatic rings. The second-order valence-electron chi connectivity index (χ2n) is 3.25. The summed E-state index contributed by atoms with van der Waals surface area (Å²) < 4.78 is 0. The predicted octanol–water partition coefficient (Wildman–Crippen LogP) is 2.97. The largest absolute Gasteiger partial charge is 0.370 e. The van der Waals surface area contributed by atoms with Gasteiger partial charge in [0, 0.05) is 6.42 Å². The molecule has 0 fully saturated rings. The molecule has 0 bridgehead atoms. The van der Waals surface area contributed by atoms with Crippen LogP contribution in [-0.4, -0.2) is 5.91 Å². The second kappa shape index (κ2) is 4.67. The quantitative estimate of drug-likeness (QED) is 0.855. The SMILES string of the molecule is CC(CC(N)=O)c1ccc(Cl)c(Cl)c1. The van der Waals surface area contributed by atoms with Crippen LogP contribution in [0.25, 0.3) is 0 Å². The number of hydrogen-bond donors (Lipinski definition) is 1. The topological polar surface area (TPSA) is 43.1 Å². The summed E-state index contributed by atoms with van der Waals surface area (Å²) in [7, 11) is 0. The molecule has 1 amide bonds. The molecule has 0 heterocycles. The maximum absolute atomic E-state index is 10.7. The molecule has 14 heavy (non-hydrogen) atoms. The fraction of sp³-hybridized carbons (Fsp3) is 0.300. The molecule has 1 aromatic carbocycles. The lowest BCUT2D eigenvalue weighted by Gasteiger charge is -2.10. The number of nitrogens with two attached hydrogens (primary N) is 1. The van der Waals surface area contributed by atoms with E-state index in [9.17, 15) is 4.79 Å². The Morgan fingerprint density at radius 2 is 2.07 bits per heavy atom. The number of amides is 1. The van der Waals surface area contributed by atoms with Gasteiger partial charge in [0.25, 0.3) is 0 Å². The third kappa shape index (κ3) is 2.89. The van der Waals surface area contributed by atoms with Crippen LogP contribution in [0.1, 0.15) is 24.8 Å². The van der Waals surface area contributed by atoms with Gasteiger partial charge in [-0.2, -0.15) is 0 Å². The normalized spacial score (nSPS) is 12.5. The highest BCUT2D eigenvalue weighted by Gasteiger charge is 2.10. The summed E-state index contributed by atoms with van der Waals surface area (Å²) in [4.78, 5) is 10.7. The van der Waals surface area contributed by atoms with E-state index in [2.05, 4.69) is 0 Å². The van der Waals surface area contributed by atoms with Gasteiger partial charge in [-0.25, -0.2) is 0 Å². The molecule has 76 valence electrons. The Hall–Kier alpha value is -0.730. The molecule has 1 rings (SSSR count). The van der Waals surface area contributed by atoms with Crippen LogP contribution in [0.3, 0.4) is 0 Å². The third-order valence-corrected chi connectivity index (χ3v) is 2.76. The Bertz CT molecular complexity index is 352. The third-order valence-electron chi connectivity index (χ3n) is 2.02. The maximum atomic E-state index is 10.7. The Balaban J connectivity index is 2.85. The zero-order valence-corrected chi connectivity index (χ0v) is 9.27. The van der Waals surface area contributed by atoms with Gasteiger partial charge >= 0.3 is 0 Å². The van der Waals surface area contributed by atoms with Crippen molar-refractivity contribution in [2.75, 3.05) is 0 Å². The van der Waals surface area contributed by atoms with Crippen molar-refractivity contribution in [3.8, 4) is 0 Å². The van der Waals surface area contributed by atoms with Crippen LogP contribution >= 0.6 is 23.2 Å². The van der Waals surface area contributed by atoms with Crippen molar-refractivity contribution < 1.29 is 4.79 Å². The van der Waals surface area contributed by atoms with E-state index in [1.807, 2.05) is 13.0 Å². The van der Waals surface area contributed by atoms with E-state index in [4.69, 9.17) is 28.9 Å². The highest BCUT2D eigenvalue weighted by Crippen LogP contribution is 2.27. The van der Waals surface area contributed by atoms with Crippen LogP contribution in [0, 0.1) is 0 Å². The lowest BCUT2D eigenvalue weighted by atomic mass is 9.98. The molecule has 0 aromatic heterocycles. The molecule has 2 nitrogen and oxygen atoms in total. The standard InChI is InChI=1S/C10H11Cl2NO/c1-6(4-10(13)14)7-2-3-8(11)9(12)5-7/h2-3,5-6H,4H2,1H3,(H2,13,14). The molecule has 0 aliphatic heterocycles. The average Bonchev–Trinajstić information content (AvgIpc) is 2.08. The highest BCUT2D eigenvalue weighted by molar-refractivity contribution is 6.42. The van der Waals surface area contributed by atoms with Crippen molar-refractivity contribution in [1.29, 1.82) is 0 Å². The van der Waals surface area contributed by atoms with Gasteiger partial charge in [0.05, 0.1) is 10.0 Å². The van der Waals surface area contributed by atoms with Gasteiger partial charge in [0.15, 0.2) is 0 Å². The van der Waals surface area contributed by atoms with Gasteiger partial charge in [-0.05, 0) is 23.6 Å². The van der Waals surface area contributed by atoms with Crippen molar-refractivity contribution in [2.24, 2.45) is 5.73 Å². The predicted molar refractivity (Wildman–Crippen MR) is 58.7 cm³/mol. The van der Waals surface area contributed by atoms with Crippen molar-refractivity contribution >= 4 is 29.1 Å². The van der Waals surface area contributed by atoms with E-state index in [1.54, 1.807) is 12.1 Å². The van der Waals surface area contributed by atoms with Crippen LogP contribution in [-0.2, 0) is 4.79 Å². The number of carbonyl (C=O) groups excluding carboxylic acids is 1. The van der Waals surface area contributed by atoms with Crippen molar-refractivity contribution in [2.45, 2.75) is 19.3 Å². The monoisotopic (exact) mass is 231 g/mol. The van der Waals surface area contributed by atoms with Crippen LogP contribution in [0.4, 0.5) is 0 Å². The fourth-order valence-corrected chi connectivity index (χ4v) is 1.55. The molecule has 0 radical (unpaired) electrons. The molecular formula is C10H11Cl2NO. The maximum Gasteiger partial charge on any atom is 0.218 e. The Kier molecular flexibility index (Phi) is 3.78. The molecule has 4 heteroatoms. The van der Waals surface area contributed by atoms with Gasteiger partial charge < -0.3 is 5.73 Å². The number of hydrogen-bond acceptors (Lipinski definition) is 1. The Morgan fingerprint density at radius 1 is 1.43 bits per heavy atom. The zero-order chi connectivity index (χ0) is 10.7. The van der Waals surface area contributed by atoms with Crippen molar-refractivity contribution in [3.63, 3.8) is 0 Å². The van der Waals surface area contributed by atoms with Crippen molar-refractivity contribution in [3.05, 3.63) is 33.8 Å². The Morgan fingerprint density at radius 3 is 2.57 bits per heavy atom. The molecule has 0 aliphatic carbocycles. The first kappa shape index (κ1) is 11.3. The van der Waals surface area contributed by atoms with E-state index < -0.39 is 0 Å². The summed E-state index contributed by atoms with van der Waals surface area (Å²) in [5, 5.41) is 1.02. The first-order chi connectivity index (χ1) is 6.50. The van der Waals surface area contributed by atoms with Crippen molar-refractivity contribution in [1.82, 2.24) is 0 Å². The molecule has 1 unspecified atom stereocenters. The van der Waals surface area contributed by atoms with Gasteiger partial charge in [0.1, 0.15) is 0 Å². The summed E-state index contributed by atoms with van der Waals surface area (Å²) in [6.45, 7) is 1.92. The lowest BCUT2D eigenvalue weighted by Crippen LogP contribution is -2.13. The van der Waals surface area contributed by atoms with E-state index in [-0.39, 0.29) is 11.8 Å². The second-order valence-corrected chi connectivity index (χ2v) is 4.06. The molecule has 2 N–H and O–H groups in total. The molecule has 0 spiro atoms. The minimum absolute atomic E-state index is 0.0715. The number of primary amides is 1. The first-order valence-corrected chi connectivity index (χ1v) is 4.99. The van der Waals surface area contributed by atoms with Gasteiger partial charge in [-0.15, -0.1) is 0 Å². The van der Waals surface area contributed by atoms with Gasteiger partial charge in [0.2, 0.25) is 5.91 Å². The van der Waals surface area contributed by atoms with Crippen LogP contribution in [0.5, 0.6) is 0 Å². The van der Waals surface area contributed by atoms with E-state index in [0.717, 1.165) is 5.56 Å². The number of benzene rings is 1. The number of carbonyl (C=O) groups is 1. The van der Waals surface area contributed by atoms with E-state index in [1.165, 1.54) is 0 Å². The summed E-state index contributed by atoms with van der Waals surface area (Å²) in [6.07, 6.45) is 0.317. The number of halogens is 2. The summed E-state index contributed by atoms with van der Waals surface area (Å²) >= 11 is 11.6. The number of rotatable bonds is 3. The molecule has 0 saturated carbocycles. The van der Waals surface area contributed by atoms with E-state index >= 15 is 0 Å². The molecular weight excluding hydrogens is 221 g/mol. The highest BCUT2D eigenvalue weighted by atomic mass is 35.5. The molecule has 1 atom stereocenters. The van der Waals surface area contributed by atoms with Crippen LogP contribution in [0.2, 0.25) is 10.0 Å².